The van der Waals surface area contributed by atoms with Crippen LogP contribution >= 0.6 is 0 Å². The first-order chi connectivity index (χ1) is 9.60. The number of carbonyl (C=O) groups is 1. The summed E-state index contributed by atoms with van der Waals surface area (Å²) in [6.07, 6.45) is -0.356. The summed E-state index contributed by atoms with van der Waals surface area (Å²) < 4.78 is 5.07. The summed E-state index contributed by atoms with van der Waals surface area (Å²) >= 11 is 0. The number of phenols is 3. The first-order valence-corrected chi connectivity index (χ1v) is 6.55. The quantitative estimate of drug-likeness (QED) is 0.532. The molecule has 1 amide bonds. The first-order valence-electron chi connectivity index (χ1n) is 6.55. The van der Waals surface area contributed by atoms with Crippen molar-refractivity contribution in [1.29, 1.82) is 0 Å². The maximum absolute atomic E-state index is 11.5. The van der Waals surface area contributed by atoms with Gasteiger partial charge in [0.25, 0.3) is 0 Å². The number of carbonyl (C=O) groups excluding carboxylic acids is 1. The molecule has 0 fully saturated rings. The van der Waals surface area contributed by atoms with Gasteiger partial charge in [-0.3, -0.25) is 0 Å². The van der Waals surface area contributed by atoms with Crippen molar-refractivity contribution in [2.45, 2.75) is 38.8 Å². The normalized spacial score (nSPS) is 12.8. The number of phenolic OH excluding ortho intramolecular Hbond substituents is 3. The van der Waals surface area contributed by atoms with Crippen molar-refractivity contribution in [3.05, 3.63) is 17.7 Å². The van der Waals surface area contributed by atoms with Crippen molar-refractivity contribution >= 4 is 6.09 Å². The highest BCUT2D eigenvalue weighted by Crippen LogP contribution is 2.37. The van der Waals surface area contributed by atoms with Crippen LogP contribution in [0.5, 0.6) is 17.2 Å². The number of amides is 1. The maximum Gasteiger partial charge on any atom is 0.407 e. The molecule has 0 aliphatic carbocycles. The Kier molecular flexibility index (Phi) is 5.26. The van der Waals surface area contributed by atoms with Crippen molar-refractivity contribution in [3.63, 3.8) is 0 Å². The van der Waals surface area contributed by atoms with Crippen LogP contribution in [0, 0.1) is 0 Å². The van der Waals surface area contributed by atoms with Crippen LogP contribution in [0.2, 0.25) is 0 Å². The molecule has 0 aliphatic heterocycles. The number of nitrogens with one attached hydrogen (secondary N) is 1. The van der Waals surface area contributed by atoms with Crippen LogP contribution in [0.1, 0.15) is 26.3 Å². The zero-order chi connectivity index (χ0) is 16.2. The smallest absolute Gasteiger partial charge is 0.407 e. The molecule has 1 atom stereocenters. The van der Waals surface area contributed by atoms with Crippen molar-refractivity contribution in [2.75, 3.05) is 6.54 Å². The molecule has 1 rings (SSSR count). The molecule has 0 bridgehead atoms. The monoisotopic (exact) mass is 298 g/mol. The molecule has 21 heavy (non-hydrogen) atoms. The summed E-state index contributed by atoms with van der Waals surface area (Å²) in [5.74, 6) is -1.40. The topological polar surface area (TPSA) is 125 Å². The van der Waals surface area contributed by atoms with Gasteiger partial charge >= 0.3 is 6.09 Å². The fraction of sp³-hybridized carbons (Fsp3) is 0.500. The van der Waals surface area contributed by atoms with E-state index in [9.17, 15) is 20.1 Å². The van der Waals surface area contributed by atoms with Gasteiger partial charge in [0.2, 0.25) is 5.75 Å². The Balaban J connectivity index is 2.53. The lowest BCUT2D eigenvalue weighted by Crippen LogP contribution is -2.41. The minimum Gasteiger partial charge on any atom is -0.504 e. The minimum absolute atomic E-state index is 0.149. The van der Waals surface area contributed by atoms with Crippen LogP contribution in [-0.2, 0) is 11.2 Å². The van der Waals surface area contributed by atoms with Gasteiger partial charge < -0.3 is 31.1 Å². The second kappa shape index (κ2) is 6.53. The molecule has 0 aromatic heterocycles. The summed E-state index contributed by atoms with van der Waals surface area (Å²) in [6, 6.07) is 2.24. The Bertz CT molecular complexity index is 511. The lowest BCUT2D eigenvalue weighted by Gasteiger charge is -2.21. The summed E-state index contributed by atoms with van der Waals surface area (Å²) in [4.78, 5) is 11.5. The highest BCUT2D eigenvalue weighted by Gasteiger charge is 2.18. The number of alkyl carbamates (subject to hydrolysis) is 1. The molecule has 0 heterocycles. The van der Waals surface area contributed by atoms with Gasteiger partial charge in [-0.05, 0) is 38.8 Å². The Hall–Kier alpha value is -2.15. The summed E-state index contributed by atoms with van der Waals surface area (Å²) in [6.45, 7) is 5.41. The van der Waals surface area contributed by atoms with Crippen molar-refractivity contribution in [2.24, 2.45) is 5.73 Å². The number of hydrogen-bond acceptors (Lipinski definition) is 6. The Labute approximate surface area is 123 Å². The third kappa shape index (κ3) is 5.39. The molecule has 1 unspecified atom stereocenters. The standard InChI is InChI=1S/C14H22N2O5/c1-14(2,3)21-13(20)16-7-9(15)6-8-4-5-10(17)12(19)11(8)18/h4-5,9,17-19H,6-7,15H2,1-3H3,(H,16,20). The second-order valence-electron chi connectivity index (χ2n) is 5.79. The third-order valence-electron chi connectivity index (χ3n) is 2.60. The molecule has 0 aliphatic rings. The molecule has 1 aromatic carbocycles. The van der Waals surface area contributed by atoms with Gasteiger partial charge in [0.05, 0.1) is 0 Å². The lowest BCUT2D eigenvalue weighted by molar-refractivity contribution is 0.0524. The fourth-order valence-electron chi connectivity index (χ4n) is 1.66. The van der Waals surface area contributed by atoms with Crippen LogP contribution < -0.4 is 11.1 Å². The van der Waals surface area contributed by atoms with Gasteiger partial charge in [0, 0.05) is 12.6 Å². The molecule has 0 saturated carbocycles. The number of ether oxygens (including phenoxy) is 1. The van der Waals surface area contributed by atoms with E-state index in [-0.39, 0.29) is 13.0 Å². The number of aromatic hydroxyl groups is 3. The SMILES string of the molecule is CC(C)(C)OC(=O)NCC(N)Cc1ccc(O)c(O)c1O. The molecular weight excluding hydrogens is 276 g/mol. The average Bonchev–Trinajstić information content (AvgIpc) is 2.35. The van der Waals surface area contributed by atoms with Crippen LogP contribution in [0.3, 0.4) is 0 Å². The predicted octanol–water partition coefficient (Wildman–Crippen LogP) is 1.20. The average molecular weight is 298 g/mol. The zero-order valence-corrected chi connectivity index (χ0v) is 12.4. The Morgan fingerprint density at radius 3 is 2.48 bits per heavy atom. The number of benzene rings is 1. The van der Waals surface area contributed by atoms with Crippen LogP contribution in [0.4, 0.5) is 4.79 Å². The van der Waals surface area contributed by atoms with Crippen molar-refractivity contribution in [1.82, 2.24) is 5.32 Å². The van der Waals surface area contributed by atoms with Gasteiger partial charge in [-0.15, -0.1) is 0 Å². The molecule has 0 saturated heterocycles. The van der Waals surface area contributed by atoms with E-state index in [1.807, 2.05) is 0 Å². The van der Waals surface area contributed by atoms with E-state index in [0.29, 0.717) is 5.56 Å². The molecule has 118 valence electrons. The molecule has 0 spiro atoms. The van der Waals surface area contributed by atoms with Gasteiger partial charge in [-0.2, -0.15) is 0 Å². The van der Waals surface area contributed by atoms with E-state index in [1.54, 1.807) is 20.8 Å². The van der Waals surface area contributed by atoms with Gasteiger partial charge in [0.1, 0.15) is 5.60 Å². The molecule has 0 radical (unpaired) electrons. The van der Waals surface area contributed by atoms with Crippen molar-refractivity contribution in [3.8, 4) is 17.2 Å². The number of nitrogens with two attached hydrogens (primary N) is 1. The van der Waals surface area contributed by atoms with E-state index >= 15 is 0 Å². The fourth-order valence-corrected chi connectivity index (χ4v) is 1.66. The lowest BCUT2D eigenvalue weighted by atomic mass is 10.0. The van der Waals surface area contributed by atoms with Gasteiger partial charge in [-0.25, -0.2) is 4.79 Å². The molecule has 1 aromatic rings. The Morgan fingerprint density at radius 2 is 1.90 bits per heavy atom. The van der Waals surface area contributed by atoms with Crippen LogP contribution in [0.25, 0.3) is 0 Å². The van der Waals surface area contributed by atoms with E-state index in [2.05, 4.69) is 5.32 Å². The third-order valence-corrected chi connectivity index (χ3v) is 2.60. The highest BCUT2D eigenvalue weighted by molar-refractivity contribution is 5.67. The second-order valence-corrected chi connectivity index (χ2v) is 5.79. The van der Waals surface area contributed by atoms with E-state index < -0.39 is 35.0 Å². The molecule has 7 heteroatoms. The van der Waals surface area contributed by atoms with Crippen LogP contribution in [0.15, 0.2) is 12.1 Å². The van der Waals surface area contributed by atoms with Gasteiger partial charge in [-0.1, -0.05) is 6.07 Å². The van der Waals surface area contributed by atoms with E-state index in [0.717, 1.165) is 0 Å². The maximum atomic E-state index is 11.5. The highest BCUT2D eigenvalue weighted by atomic mass is 16.6. The van der Waals surface area contributed by atoms with Crippen molar-refractivity contribution < 1.29 is 24.9 Å². The first kappa shape index (κ1) is 16.9. The van der Waals surface area contributed by atoms with E-state index in [4.69, 9.17) is 10.5 Å². The number of rotatable bonds is 4. The van der Waals surface area contributed by atoms with Gasteiger partial charge in [0.15, 0.2) is 11.5 Å². The largest absolute Gasteiger partial charge is 0.504 e. The summed E-state index contributed by atoms with van der Waals surface area (Å²) in [5, 5.41) is 30.8. The Morgan fingerprint density at radius 1 is 1.29 bits per heavy atom. The molecule has 6 N–H and O–H groups in total. The van der Waals surface area contributed by atoms with E-state index in [1.165, 1.54) is 12.1 Å². The molecular formula is C14H22N2O5. The summed E-state index contributed by atoms with van der Waals surface area (Å²) in [5.41, 5.74) is 5.64. The molecule has 7 nitrogen and oxygen atoms in total. The number of hydrogen-bond donors (Lipinski definition) is 5. The van der Waals surface area contributed by atoms with Crippen LogP contribution in [-0.4, -0.2) is 39.6 Å². The summed E-state index contributed by atoms with van der Waals surface area (Å²) in [7, 11) is 0. The zero-order valence-electron chi connectivity index (χ0n) is 12.4. The predicted molar refractivity (Wildman–Crippen MR) is 77.4 cm³/mol. The minimum atomic E-state index is -0.588.